The number of anilines is 1. The highest BCUT2D eigenvalue weighted by molar-refractivity contribution is 6.29. The molecule has 0 bridgehead atoms. The van der Waals surface area contributed by atoms with Gasteiger partial charge in [-0.25, -0.2) is 4.68 Å². The minimum atomic E-state index is -0.197. The van der Waals surface area contributed by atoms with E-state index in [1.165, 1.54) is 9.69 Å². The molecule has 0 saturated heterocycles. The molecule has 29 heavy (non-hydrogen) atoms. The zero-order chi connectivity index (χ0) is 20.4. The quantitative estimate of drug-likeness (QED) is 0.646. The van der Waals surface area contributed by atoms with Crippen molar-refractivity contribution in [2.24, 2.45) is 5.10 Å². The fourth-order valence-electron chi connectivity index (χ4n) is 3.15. The number of aromatic nitrogens is 2. The number of para-hydroxylation sites is 2. The first-order chi connectivity index (χ1) is 14.1. The highest BCUT2D eigenvalue weighted by Gasteiger charge is 2.27. The molecule has 3 aromatic rings. The zero-order valence-electron chi connectivity index (χ0n) is 16.1. The Labute approximate surface area is 168 Å². The average Bonchev–Trinajstić information content (AvgIpc) is 3.19. The Morgan fingerprint density at radius 1 is 0.931 bits per heavy atom. The summed E-state index contributed by atoms with van der Waals surface area (Å²) < 4.78 is 1.38. The fourth-order valence-corrected chi connectivity index (χ4v) is 3.15. The minimum Gasteiger partial charge on any atom is -0.858 e. The molecule has 6 heteroatoms. The number of hydrogen-bond acceptors (Lipinski definition) is 4. The molecule has 0 spiro atoms. The molecular formula is C23H19N4O2-. The lowest BCUT2D eigenvalue weighted by atomic mass is 10.1. The van der Waals surface area contributed by atoms with Crippen LogP contribution in [0.25, 0.3) is 11.8 Å². The summed E-state index contributed by atoms with van der Waals surface area (Å²) in [5.74, 6) is -0.394. The van der Waals surface area contributed by atoms with Crippen molar-refractivity contribution in [3.05, 3.63) is 89.6 Å². The molecule has 1 amide bonds. The summed E-state index contributed by atoms with van der Waals surface area (Å²) in [7, 11) is 0. The largest absolute Gasteiger partial charge is 0.858 e. The van der Waals surface area contributed by atoms with E-state index in [1.807, 2.05) is 60.7 Å². The second-order valence-corrected chi connectivity index (χ2v) is 6.63. The van der Waals surface area contributed by atoms with Crippen molar-refractivity contribution < 1.29 is 9.90 Å². The van der Waals surface area contributed by atoms with Crippen molar-refractivity contribution >= 4 is 23.4 Å². The molecule has 0 radical (unpaired) electrons. The Kier molecular flexibility index (Phi) is 4.83. The van der Waals surface area contributed by atoms with Crippen LogP contribution < -0.4 is 10.1 Å². The molecule has 0 atom stereocenters. The second-order valence-electron chi connectivity index (χ2n) is 6.63. The average molecular weight is 383 g/mol. The number of carbonyl (C=O) groups excluding carboxylic acids is 1. The van der Waals surface area contributed by atoms with Gasteiger partial charge < -0.3 is 5.11 Å². The summed E-state index contributed by atoms with van der Waals surface area (Å²) in [6.45, 7) is 3.58. The smallest absolute Gasteiger partial charge is 0.280 e. The Balaban J connectivity index is 1.59. The molecule has 0 N–H and O–H groups in total. The molecule has 1 aliphatic heterocycles. The Morgan fingerprint density at radius 2 is 1.55 bits per heavy atom. The number of rotatable bonds is 4. The topological polar surface area (TPSA) is 73.5 Å². The first-order valence-electron chi connectivity index (χ1n) is 9.22. The number of aryl methyl sites for hydroxylation is 1. The van der Waals surface area contributed by atoms with Crippen LogP contribution in [0.2, 0.25) is 0 Å². The van der Waals surface area contributed by atoms with Crippen molar-refractivity contribution in [2.45, 2.75) is 13.8 Å². The molecule has 0 aliphatic carbocycles. The van der Waals surface area contributed by atoms with Crippen LogP contribution in [0.3, 0.4) is 0 Å². The fraction of sp³-hybridized carbons (Fsp3) is 0.0870. The lowest BCUT2D eigenvalue weighted by molar-refractivity contribution is -0.278. The number of allylic oxidation sites excluding steroid dienone is 2. The van der Waals surface area contributed by atoms with Gasteiger partial charge in [0.25, 0.3) is 5.91 Å². The summed E-state index contributed by atoms with van der Waals surface area (Å²) in [6.07, 6.45) is 5.06. The second kappa shape index (κ2) is 7.59. The summed E-state index contributed by atoms with van der Waals surface area (Å²) in [5.41, 5.74) is 3.67. The monoisotopic (exact) mass is 383 g/mol. The van der Waals surface area contributed by atoms with Crippen LogP contribution in [0.4, 0.5) is 5.69 Å². The number of carbonyl (C=O) groups is 1. The van der Waals surface area contributed by atoms with Crippen LogP contribution >= 0.6 is 0 Å². The Hall–Kier alpha value is -3.93. The predicted molar refractivity (Wildman–Crippen MR) is 112 cm³/mol. The van der Waals surface area contributed by atoms with Gasteiger partial charge in [0.1, 0.15) is 0 Å². The first-order valence-corrected chi connectivity index (χ1v) is 9.22. The molecule has 2 aromatic carbocycles. The van der Waals surface area contributed by atoms with Crippen molar-refractivity contribution in [1.82, 2.24) is 9.78 Å². The van der Waals surface area contributed by atoms with Gasteiger partial charge in [-0.2, -0.15) is 15.2 Å². The number of amides is 1. The van der Waals surface area contributed by atoms with E-state index in [0.29, 0.717) is 33.9 Å². The van der Waals surface area contributed by atoms with E-state index in [4.69, 9.17) is 0 Å². The molecule has 1 aliphatic rings. The standard InChI is InChI=1S/C23H20N4O2/c1-16-20(22(28)26(24-16)18-10-5-3-6-11-18)14-9-15-21-17(2)25-27(23(21)29)19-12-7-4-8-13-19/h3-15,28H,1-2H3/p-1. The van der Waals surface area contributed by atoms with Gasteiger partial charge in [0.05, 0.1) is 28.4 Å². The number of benzene rings is 2. The van der Waals surface area contributed by atoms with Crippen LogP contribution in [0, 0.1) is 6.92 Å². The molecule has 0 unspecified atom stereocenters. The van der Waals surface area contributed by atoms with E-state index in [1.54, 1.807) is 32.1 Å². The third-order valence-corrected chi connectivity index (χ3v) is 4.65. The first kappa shape index (κ1) is 18.4. The van der Waals surface area contributed by atoms with Gasteiger partial charge in [-0.15, -0.1) is 0 Å². The number of nitrogens with zero attached hydrogens (tertiary/aromatic N) is 4. The highest BCUT2D eigenvalue weighted by atomic mass is 16.3. The van der Waals surface area contributed by atoms with E-state index >= 15 is 0 Å². The van der Waals surface area contributed by atoms with Gasteiger partial charge in [-0.3, -0.25) is 4.79 Å². The van der Waals surface area contributed by atoms with Gasteiger partial charge in [0, 0.05) is 5.56 Å². The van der Waals surface area contributed by atoms with Crippen molar-refractivity contribution in [1.29, 1.82) is 0 Å². The van der Waals surface area contributed by atoms with Crippen LogP contribution in [-0.4, -0.2) is 21.4 Å². The van der Waals surface area contributed by atoms with Gasteiger partial charge in [0.2, 0.25) is 0 Å². The number of hydrazone groups is 1. The molecule has 2 heterocycles. The minimum absolute atomic E-state index is 0.197. The maximum absolute atomic E-state index is 12.7. The van der Waals surface area contributed by atoms with E-state index in [-0.39, 0.29) is 11.8 Å². The van der Waals surface area contributed by atoms with Crippen molar-refractivity contribution in [2.75, 3.05) is 5.01 Å². The van der Waals surface area contributed by atoms with Crippen LogP contribution in [-0.2, 0) is 4.79 Å². The third-order valence-electron chi connectivity index (χ3n) is 4.65. The molecule has 4 rings (SSSR count). The van der Waals surface area contributed by atoms with E-state index in [9.17, 15) is 9.90 Å². The van der Waals surface area contributed by atoms with E-state index in [2.05, 4.69) is 10.2 Å². The lowest BCUT2D eigenvalue weighted by Crippen LogP contribution is -2.21. The lowest BCUT2D eigenvalue weighted by Gasteiger charge is -2.11. The van der Waals surface area contributed by atoms with E-state index in [0.717, 1.165) is 0 Å². The molecule has 1 aromatic heterocycles. The highest BCUT2D eigenvalue weighted by Crippen LogP contribution is 2.25. The molecule has 0 saturated carbocycles. The molecule has 6 nitrogen and oxygen atoms in total. The van der Waals surface area contributed by atoms with Gasteiger partial charge >= 0.3 is 0 Å². The summed E-state index contributed by atoms with van der Waals surface area (Å²) >= 11 is 0. The summed E-state index contributed by atoms with van der Waals surface area (Å²) in [5, 5.41) is 22.8. The zero-order valence-corrected chi connectivity index (χ0v) is 16.1. The number of hydrogen-bond donors (Lipinski definition) is 0. The van der Waals surface area contributed by atoms with Gasteiger partial charge in [-0.1, -0.05) is 48.6 Å². The van der Waals surface area contributed by atoms with Crippen LogP contribution in [0.5, 0.6) is 5.88 Å². The van der Waals surface area contributed by atoms with Gasteiger partial charge in [0.15, 0.2) is 0 Å². The Morgan fingerprint density at radius 3 is 2.21 bits per heavy atom. The Bertz CT molecular complexity index is 1140. The molecule has 0 fully saturated rings. The maximum Gasteiger partial charge on any atom is 0.280 e. The molecule has 144 valence electrons. The van der Waals surface area contributed by atoms with Crippen LogP contribution in [0.1, 0.15) is 18.2 Å². The summed E-state index contributed by atoms with van der Waals surface area (Å²) in [6, 6.07) is 18.5. The molecular weight excluding hydrogens is 364 g/mol. The van der Waals surface area contributed by atoms with Crippen molar-refractivity contribution in [3.63, 3.8) is 0 Å². The van der Waals surface area contributed by atoms with Gasteiger partial charge in [-0.05, 0) is 50.1 Å². The third kappa shape index (κ3) is 3.48. The van der Waals surface area contributed by atoms with E-state index < -0.39 is 0 Å². The summed E-state index contributed by atoms with van der Waals surface area (Å²) in [4.78, 5) is 12.7. The van der Waals surface area contributed by atoms with Crippen LogP contribution in [0.15, 0.2) is 83.5 Å². The maximum atomic E-state index is 12.7. The SMILES string of the molecule is CC1=NN(c2ccccc2)C(=O)C1=CC=Cc1c(C)nn(-c2ccccc2)c1[O-]. The van der Waals surface area contributed by atoms with Crippen molar-refractivity contribution in [3.8, 4) is 11.6 Å². The normalized spacial score (nSPS) is 15.5. The predicted octanol–water partition coefficient (Wildman–Crippen LogP) is 3.62.